The molecule has 2 aliphatic rings. The van der Waals surface area contributed by atoms with Gasteiger partial charge in [-0.05, 0) is 48.8 Å². The van der Waals surface area contributed by atoms with Crippen molar-refractivity contribution in [2.45, 2.75) is 26.2 Å². The number of aromatic nitrogens is 2. The molecule has 0 amide bonds. The van der Waals surface area contributed by atoms with E-state index in [0.717, 1.165) is 42.6 Å². The number of aliphatic imine (C=N–C) groups is 1. The lowest BCUT2D eigenvalue weighted by molar-refractivity contribution is 0.190. The smallest absolute Gasteiger partial charge is 0.206 e. The molecule has 4 rings (SSSR count). The maximum absolute atomic E-state index is 4.96. The molecule has 1 saturated heterocycles. The number of likely N-dealkylation sites (N-methyl/N-ethyl adjacent to an activating group) is 1. The molecule has 0 saturated carbocycles. The molecule has 2 atom stereocenters. The third-order valence-corrected chi connectivity index (χ3v) is 6.04. The number of rotatable bonds is 4. The van der Waals surface area contributed by atoms with E-state index >= 15 is 0 Å². The van der Waals surface area contributed by atoms with Gasteiger partial charge in [-0.2, -0.15) is 0 Å². The largest absolute Gasteiger partial charge is 0.342 e. The number of likely N-dealkylation sites (tertiary alicyclic amines) is 1. The molecule has 5 heteroatoms. The Morgan fingerprint density at radius 1 is 1.21 bits per heavy atom. The van der Waals surface area contributed by atoms with E-state index in [4.69, 9.17) is 4.99 Å². The summed E-state index contributed by atoms with van der Waals surface area (Å²) in [6, 6.07) is 12.7. The van der Waals surface area contributed by atoms with Gasteiger partial charge in [0.1, 0.15) is 6.33 Å². The number of hydrogen-bond donors (Lipinski definition) is 0. The van der Waals surface area contributed by atoms with Gasteiger partial charge in [-0.1, -0.05) is 43.8 Å². The van der Waals surface area contributed by atoms with Gasteiger partial charge in [-0.3, -0.25) is 0 Å². The Balaban J connectivity index is 1.51. The normalized spacial score (nSPS) is 20.9. The number of nitrogens with zero attached hydrogens (tertiary/aromatic N) is 5. The van der Waals surface area contributed by atoms with Gasteiger partial charge in [0.2, 0.25) is 5.96 Å². The first-order valence-corrected chi connectivity index (χ1v) is 10.4. The maximum Gasteiger partial charge on any atom is 0.206 e. The zero-order chi connectivity index (χ0) is 20.2. The molecule has 5 nitrogen and oxygen atoms in total. The molecule has 0 N–H and O–H groups in total. The Bertz CT molecular complexity index is 903. The van der Waals surface area contributed by atoms with Crippen molar-refractivity contribution in [1.82, 2.24) is 19.8 Å². The van der Waals surface area contributed by atoms with Crippen molar-refractivity contribution < 1.29 is 0 Å². The van der Waals surface area contributed by atoms with Crippen LogP contribution in [0.15, 0.2) is 72.3 Å². The molecule has 0 bridgehead atoms. The fraction of sp³-hybridized carbons (Fsp3) is 0.375. The minimum atomic E-state index is 0.634. The molecule has 29 heavy (non-hydrogen) atoms. The third kappa shape index (κ3) is 4.39. The Morgan fingerprint density at radius 3 is 2.79 bits per heavy atom. The molecule has 2 aromatic rings. The molecule has 0 radical (unpaired) electrons. The van der Waals surface area contributed by atoms with E-state index in [0.29, 0.717) is 11.8 Å². The topological polar surface area (TPSA) is 44.6 Å². The van der Waals surface area contributed by atoms with Crippen LogP contribution in [0, 0.1) is 11.8 Å². The fourth-order valence-electron chi connectivity index (χ4n) is 4.26. The van der Waals surface area contributed by atoms with Crippen molar-refractivity contribution >= 4 is 11.7 Å². The second kappa shape index (κ2) is 8.60. The van der Waals surface area contributed by atoms with Crippen molar-refractivity contribution in [3.63, 3.8) is 0 Å². The molecular formula is C24H29N5. The highest BCUT2D eigenvalue weighted by Crippen LogP contribution is 2.30. The minimum Gasteiger partial charge on any atom is -0.342 e. The van der Waals surface area contributed by atoms with E-state index in [2.05, 4.69) is 63.6 Å². The summed E-state index contributed by atoms with van der Waals surface area (Å²) < 4.78 is 0. The van der Waals surface area contributed by atoms with Crippen LogP contribution in [0.2, 0.25) is 0 Å². The Kier molecular flexibility index (Phi) is 5.74. The summed E-state index contributed by atoms with van der Waals surface area (Å²) in [6.45, 7) is 8.67. The van der Waals surface area contributed by atoms with Crippen molar-refractivity contribution in [2.75, 3.05) is 20.1 Å². The van der Waals surface area contributed by atoms with Crippen LogP contribution in [0.5, 0.6) is 0 Å². The van der Waals surface area contributed by atoms with E-state index in [1.54, 1.807) is 12.5 Å². The molecule has 1 aromatic carbocycles. The molecule has 3 heterocycles. The lowest BCUT2D eigenvalue weighted by Crippen LogP contribution is -2.48. The Morgan fingerprint density at radius 2 is 2.03 bits per heavy atom. The highest BCUT2D eigenvalue weighted by Gasteiger charge is 2.30. The summed E-state index contributed by atoms with van der Waals surface area (Å²) in [4.78, 5) is 17.9. The van der Waals surface area contributed by atoms with Gasteiger partial charge < -0.3 is 9.80 Å². The highest BCUT2D eigenvalue weighted by molar-refractivity contribution is 5.90. The van der Waals surface area contributed by atoms with Crippen molar-refractivity contribution in [1.29, 1.82) is 0 Å². The molecular weight excluding hydrogens is 358 g/mol. The van der Waals surface area contributed by atoms with Crippen LogP contribution in [-0.2, 0) is 6.42 Å². The summed E-state index contributed by atoms with van der Waals surface area (Å²) in [6.07, 6.45) is 8.90. The van der Waals surface area contributed by atoms with Gasteiger partial charge in [-0.25, -0.2) is 15.0 Å². The molecule has 0 aliphatic carbocycles. The van der Waals surface area contributed by atoms with E-state index in [1.165, 1.54) is 18.4 Å². The third-order valence-electron chi connectivity index (χ3n) is 6.04. The molecule has 1 aromatic heterocycles. The van der Waals surface area contributed by atoms with Gasteiger partial charge in [0, 0.05) is 32.0 Å². The van der Waals surface area contributed by atoms with E-state index < -0.39 is 0 Å². The van der Waals surface area contributed by atoms with E-state index in [1.807, 2.05) is 19.2 Å². The van der Waals surface area contributed by atoms with Crippen LogP contribution in [0.3, 0.4) is 0 Å². The Labute approximate surface area is 173 Å². The van der Waals surface area contributed by atoms with E-state index in [9.17, 15) is 0 Å². The number of benzene rings is 1. The summed E-state index contributed by atoms with van der Waals surface area (Å²) in [5.41, 5.74) is 4.04. The first-order chi connectivity index (χ1) is 14.1. The number of hydrogen-bond acceptors (Lipinski definition) is 5. The van der Waals surface area contributed by atoms with Gasteiger partial charge in [-0.15, -0.1) is 0 Å². The van der Waals surface area contributed by atoms with Crippen molar-refractivity contribution in [3.8, 4) is 0 Å². The van der Waals surface area contributed by atoms with Gasteiger partial charge in [0.05, 0.1) is 11.4 Å². The average Bonchev–Trinajstić information content (AvgIpc) is 2.77. The van der Waals surface area contributed by atoms with Gasteiger partial charge in [0.15, 0.2) is 0 Å². The lowest BCUT2D eigenvalue weighted by atomic mass is 9.83. The zero-order valence-corrected chi connectivity index (χ0v) is 17.3. The average molecular weight is 388 g/mol. The first kappa shape index (κ1) is 19.4. The van der Waals surface area contributed by atoms with Crippen LogP contribution in [0.1, 0.15) is 31.0 Å². The highest BCUT2D eigenvalue weighted by atomic mass is 15.4. The monoisotopic (exact) mass is 387 g/mol. The second-order valence-electron chi connectivity index (χ2n) is 8.10. The summed E-state index contributed by atoms with van der Waals surface area (Å²) in [7, 11) is 2.05. The van der Waals surface area contributed by atoms with Crippen molar-refractivity contribution in [2.24, 2.45) is 16.8 Å². The zero-order valence-electron chi connectivity index (χ0n) is 17.3. The molecule has 2 unspecified atom stereocenters. The van der Waals surface area contributed by atoms with Gasteiger partial charge >= 0.3 is 0 Å². The SMILES string of the molecule is C=C1C=C(c2ccncn2)N=C(N2CCCC(C(C)Cc3ccccc3)C2)N1C. The van der Waals surface area contributed by atoms with Gasteiger partial charge in [0.25, 0.3) is 0 Å². The molecule has 2 aliphatic heterocycles. The molecule has 0 spiro atoms. The minimum absolute atomic E-state index is 0.634. The second-order valence-corrected chi connectivity index (χ2v) is 8.10. The van der Waals surface area contributed by atoms with Crippen LogP contribution < -0.4 is 0 Å². The van der Waals surface area contributed by atoms with Crippen LogP contribution in [0.4, 0.5) is 0 Å². The summed E-state index contributed by atoms with van der Waals surface area (Å²) >= 11 is 0. The standard InChI is InChI=1S/C24H29N5/c1-18(14-20-8-5-4-6-9-20)21-10-7-13-29(16-21)24-27-23(15-19(2)28(24)3)22-11-12-25-17-26-22/h4-6,8-9,11-12,15,17-18,21H,2,7,10,13-14,16H2,1,3H3. The quantitative estimate of drug-likeness (QED) is 0.788. The first-order valence-electron chi connectivity index (χ1n) is 10.4. The number of allylic oxidation sites excluding steroid dienone is 1. The van der Waals surface area contributed by atoms with Crippen LogP contribution >= 0.6 is 0 Å². The maximum atomic E-state index is 4.96. The molecule has 150 valence electrons. The van der Waals surface area contributed by atoms with Crippen molar-refractivity contribution in [3.05, 3.63) is 78.5 Å². The predicted molar refractivity (Wildman–Crippen MR) is 118 cm³/mol. The fourth-order valence-corrected chi connectivity index (χ4v) is 4.26. The summed E-state index contributed by atoms with van der Waals surface area (Å²) in [5, 5.41) is 0. The van der Waals surface area contributed by atoms with Crippen LogP contribution in [0.25, 0.3) is 5.70 Å². The molecule has 1 fully saturated rings. The predicted octanol–water partition coefficient (Wildman–Crippen LogP) is 4.22. The Hall–Kier alpha value is -2.95. The summed E-state index contributed by atoms with van der Waals surface area (Å²) in [5.74, 6) is 2.26. The number of piperidine rings is 1. The van der Waals surface area contributed by atoms with E-state index in [-0.39, 0.29) is 0 Å². The van der Waals surface area contributed by atoms with Crippen LogP contribution in [-0.4, -0.2) is 45.9 Å². The lowest BCUT2D eigenvalue weighted by Gasteiger charge is -2.41. The number of guanidine groups is 1.